The Labute approximate surface area is 181 Å². The Balaban J connectivity index is 1.75. The molecule has 0 unspecified atom stereocenters. The molecule has 0 saturated heterocycles. The van der Waals surface area contributed by atoms with Crippen LogP contribution < -0.4 is 10.6 Å². The highest BCUT2D eigenvalue weighted by Gasteiger charge is 2.37. The lowest BCUT2D eigenvalue weighted by atomic mass is 10.0. The molecule has 2 aromatic carbocycles. The molecule has 2 amide bonds. The maximum Gasteiger partial charge on any atom is 0.418 e. The monoisotopic (exact) mass is 444 g/mol. The van der Waals surface area contributed by atoms with Crippen LogP contribution in [0.2, 0.25) is 0 Å². The molecule has 32 heavy (non-hydrogen) atoms. The second-order valence-electron chi connectivity index (χ2n) is 7.21. The number of hydrogen-bond acceptors (Lipinski definition) is 4. The highest BCUT2D eigenvalue weighted by Crippen LogP contribution is 2.39. The first-order valence-electron chi connectivity index (χ1n) is 9.72. The van der Waals surface area contributed by atoms with Gasteiger partial charge in [-0.1, -0.05) is 42.5 Å². The van der Waals surface area contributed by atoms with Gasteiger partial charge < -0.3 is 15.4 Å². The molecule has 0 bridgehead atoms. The third kappa shape index (κ3) is 4.09. The van der Waals surface area contributed by atoms with Gasteiger partial charge in [0.05, 0.1) is 30.0 Å². The van der Waals surface area contributed by atoms with Gasteiger partial charge in [0.2, 0.25) is 11.8 Å². The Morgan fingerprint density at radius 3 is 2.56 bits per heavy atom. The summed E-state index contributed by atoms with van der Waals surface area (Å²) in [6.07, 6.45) is -4.91. The van der Waals surface area contributed by atoms with Gasteiger partial charge in [-0.15, -0.1) is 0 Å². The highest BCUT2D eigenvalue weighted by molar-refractivity contribution is 6.03. The summed E-state index contributed by atoms with van der Waals surface area (Å²) >= 11 is 0. The van der Waals surface area contributed by atoms with Gasteiger partial charge in [-0.25, -0.2) is 4.68 Å². The summed E-state index contributed by atoms with van der Waals surface area (Å²) < 4.78 is 46.5. The molecule has 4 rings (SSSR count). The van der Waals surface area contributed by atoms with E-state index in [4.69, 9.17) is 4.74 Å². The van der Waals surface area contributed by atoms with Crippen molar-refractivity contribution in [1.82, 2.24) is 9.78 Å². The molecule has 2 N–H and O–H groups in total. The summed E-state index contributed by atoms with van der Waals surface area (Å²) in [5, 5.41) is 9.51. The number of aromatic nitrogens is 2. The van der Waals surface area contributed by atoms with Crippen LogP contribution in [0.5, 0.6) is 0 Å². The molecule has 0 spiro atoms. The molecule has 1 aliphatic heterocycles. The van der Waals surface area contributed by atoms with Crippen molar-refractivity contribution >= 4 is 23.3 Å². The standard InChI is InChI=1S/C22H19F3N4O3/c1-32-12-16-19(13-7-3-2-4-8-13)20-27-18(30)11-17(29(20)28-16)21(31)26-15-10-6-5-9-14(15)22(23,24)25/h2-10,17H,11-12H2,1H3,(H,26,31)(H,27,30)/t17-/m1/s1. The number of hydrogen-bond donors (Lipinski definition) is 2. The Morgan fingerprint density at radius 1 is 1.19 bits per heavy atom. The minimum absolute atomic E-state index is 0.116. The number of carbonyl (C=O) groups excluding carboxylic acids is 2. The number of amides is 2. The van der Waals surface area contributed by atoms with Gasteiger partial charge in [0.1, 0.15) is 11.9 Å². The Hall–Kier alpha value is -3.66. The molecule has 0 saturated carbocycles. The summed E-state index contributed by atoms with van der Waals surface area (Å²) in [5.41, 5.74) is 0.479. The molecule has 0 radical (unpaired) electrons. The van der Waals surface area contributed by atoms with Crippen molar-refractivity contribution < 1.29 is 27.5 Å². The van der Waals surface area contributed by atoms with E-state index in [-0.39, 0.29) is 18.7 Å². The van der Waals surface area contributed by atoms with Crippen molar-refractivity contribution in [3.05, 3.63) is 65.9 Å². The summed E-state index contributed by atoms with van der Waals surface area (Å²) in [5.74, 6) is -0.921. The molecular formula is C22H19F3N4O3. The van der Waals surface area contributed by atoms with Gasteiger partial charge in [-0.05, 0) is 17.7 Å². The SMILES string of the molecule is COCc1nn2c(c1-c1ccccc1)NC(=O)C[C@@H]2C(=O)Nc1ccccc1C(F)(F)F. The number of halogens is 3. The van der Waals surface area contributed by atoms with Crippen LogP contribution in [0.3, 0.4) is 0 Å². The fourth-order valence-electron chi connectivity index (χ4n) is 3.68. The first-order valence-corrected chi connectivity index (χ1v) is 9.72. The van der Waals surface area contributed by atoms with Crippen molar-refractivity contribution in [2.45, 2.75) is 25.2 Å². The normalized spacial score (nSPS) is 15.8. The quantitative estimate of drug-likeness (QED) is 0.617. The number of ether oxygens (including phenoxy) is 1. The number of alkyl halides is 3. The largest absolute Gasteiger partial charge is 0.418 e. The Morgan fingerprint density at radius 2 is 1.88 bits per heavy atom. The third-order valence-corrected chi connectivity index (χ3v) is 5.05. The van der Waals surface area contributed by atoms with E-state index in [1.165, 1.54) is 30.0 Å². The smallest absolute Gasteiger partial charge is 0.378 e. The minimum atomic E-state index is -4.64. The van der Waals surface area contributed by atoms with Crippen LogP contribution in [0.15, 0.2) is 54.6 Å². The van der Waals surface area contributed by atoms with Crippen LogP contribution in [0.1, 0.15) is 23.7 Å². The molecule has 1 atom stereocenters. The molecule has 0 aliphatic carbocycles. The van der Waals surface area contributed by atoms with E-state index >= 15 is 0 Å². The van der Waals surface area contributed by atoms with Crippen molar-refractivity contribution in [3.8, 4) is 11.1 Å². The van der Waals surface area contributed by atoms with Gasteiger partial charge in [-0.2, -0.15) is 18.3 Å². The predicted octanol–water partition coefficient (Wildman–Crippen LogP) is 4.24. The summed E-state index contributed by atoms with van der Waals surface area (Å²) in [6.45, 7) is 0.116. The zero-order valence-electron chi connectivity index (χ0n) is 16.9. The molecule has 1 aliphatic rings. The van der Waals surface area contributed by atoms with Gasteiger partial charge in [0.15, 0.2) is 0 Å². The number of nitrogens with one attached hydrogen (secondary N) is 2. The number of para-hydroxylation sites is 1. The predicted molar refractivity (Wildman–Crippen MR) is 111 cm³/mol. The topological polar surface area (TPSA) is 85.2 Å². The van der Waals surface area contributed by atoms with Gasteiger partial charge >= 0.3 is 6.18 Å². The first-order chi connectivity index (χ1) is 15.3. The fourth-order valence-corrected chi connectivity index (χ4v) is 3.68. The first kappa shape index (κ1) is 21.6. The molecule has 0 fully saturated rings. The summed E-state index contributed by atoms with van der Waals surface area (Å²) in [6, 6.07) is 12.7. The van der Waals surface area contributed by atoms with E-state index in [2.05, 4.69) is 15.7 Å². The third-order valence-electron chi connectivity index (χ3n) is 5.05. The van der Waals surface area contributed by atoms with Crippen LogP contribution in [0, 0.1) is 0 Å². The highest BCUT2D eigenvalue weighted by atomic mass is 19.4. The Bertz CT molecular complexity index is 1160. The number of carbonyl (C=O) groups is 2. The van der Waals surface area contributed by atoms with E-state index in [1.54, 1.807) is 0 Å². The van der Waals surface area contributed by atoms with E-state index in [1.807, 2.05) is 30.3 Å². The molecule has 7 nitrogen and oxygen atoms in total. The van der Waals surface area contributed by atoms with E-state index in [9.17, 15) is 22.8 Å². The lowest BCUT2D eigenvalue weighted by Gasteiger charge is -2.25. The van der Waals surface area contributed by atoms with Gasteiger partial charge in [0, 0.05) is 12.7 Å². The molecule has 2 heterocycles. The zero-order valence-corrected chi connectivity index (χ0v) is 16.9. The minimum Gasteiger partial charge on any atom is -0.378 e. The van der Waals surface area contributed by atoms with E-state index in [0.29, 0.717) is 17.1 Å². The van der Waals surface area contributed by atoms with Crippen molar-refractivity contribution in [1.29, 1.82) is 0 Å². The second-order valence-corrected chi connectivity index (χ2v) is 7.21. The number of methoxy groups -OCH3 is 1. The van der Waals surface area contributed by atoms with Crippen LogP contribution in [0.4, 0.5) is 24.7 Å². The lowest BCUT2D eigenvalue weighted by molar-refractivity contribution is -0.137. The average Bonchev–Trinajstić information content (AvgIpc) is 3.11. The van der Waals surface area contributed by atoms with Crippen LogP contribution in [0.25, 0.3) is 11.1 Å². The number of benzene rings is 2. The van der Waals surface area contributed by atoms with Crippen molar-refractivity contribution in [2.24, 2.45) is 0 Å². The number of rotatable bonds is 5. The van der Waals surface area contributed by atoms with Gasteiger partial charge in [0.25, 0.3) is 0 Å². The lowest BCUT2D eigenvalue weighted by Crippen LogP contribution is -2.36. The molecule has 1 aromatic heterocycles. The Kier molecular flexibility index (Phi) is 5.70. The van der Waals surface area contributed by atoms with E-state index in [0.717, 1.165) is 11.6 Å². The van der Waals surface area contributed by atoms with Crippen molar-refractivity contribution in [3.63, 3.8) is 0 Å². The fraction of sp³-hybridized carbons (Fsp3) is 0.227. The average molecular weight is 444 g/mol. The molecule has 3 aromatic rings. The molecule has 166 valence electrons. The van der Waals surface area contributed by atoms with Gasteiger partial charge in [-0.3, -0.25) is 9.59 Å². The van der Waals surface area contributed by atoms with Crippen LogP contribution >= 0.6 is 0 Å². The zero-order chi connectivity index (χ0) is 22.9. The second kappa shape index (κ2) is 8.46. The maximum atomic E-state index is 13.3. The number of nitrogens with zero attached hydrogens (tertiary/aromatic N) is 2. The van der Waals surface area contributed by atoms with E-state index < -0.39 is 29.6 Å². The molecule has 10 heteroatoms. The number of anilines is 2. The van der Waals surface area contributed by atoms with Crippen molar-refractivity contribution in [2.75, 3.05) is 17.7 Å². The maximum absolute atomic E-state index is 13.3. The summed E-state index contributed by atoms with van der Waals surface area (Å²) in [4.78, 5) is 25.4. The molecular weight excluding hydrogens is 425 g/mol. The summed E-state index contributed by atoms with van der Waals surface area (Å²) in [7, 11) is 1.49. The number of fused-ring (bicyclic) bond motifs is 1. The van der Waals surface area contributed by atoms with Crippen LogP contribution in [-0.2, 0) is 27.1 Å². The van der Waals surface area contributed by atoms with Crippen LogP contribution in [-0.4, -0.2) is 28.7 Å².